The number of benzene rings is 1. The smallest absolute Gasteiger partial charge is 0.122 e. The zero-order chi connectivity index (χ0) is 11.4. The van der Waals surface area contributed by atoms with E-state index >= 15 is 0 Å². The summed E-state index contributed by atoms with van der Waals surface area (Å²) < 4.78 is 5.33. The van der Waals surface area contributed by atoms with Crippen LogP contribution in [0.25, 0.3) is 0 Å². The largest absolute Gasteiger partial charge is 0.496 e. The number of methoxy groups -OCH3 is 1. The topological polar surface area (TPSA) is 12.5 Å². The molecule has 0 aromatic heterocycles. The molecule has 15 heavy (non-hydrogen) atoms. The molecule has 0 aliphatic heterocycles. The number of nitrogens with zero attached hydrogens (tertiary/aromatic N) is 1. The fourth-order valence-corrected chi connectivity index (χ4v) is 1.99. The third-order valence-electron chi connectivity index (χ3n) is 2.71. The van der Waals surface area contributed by atoms with E-state index in [0.29, 0.717) is 0 Å². The van der Waals surface area contributed by atoms with E-state index < -0.39 is 0 Å². The lowest BCUT2D eigenvalue weighted by atomic mass is 9.98. The zero-order valence-corrected chi connectivity index (χ0v) is 10.4. The van der Waals surface area contributed by atoms with E-state index in [4.69, 9.17) is 4.74 Å². The highest BCUT2D eigenvalue weighted by atomic mass is 16.5. The molecule has 0 saturated heterocycles. The third-order valence-corrected chi connectivity index (χ3v) is 2.71. The van der Waals surface area contributed by atoms with Crippen molar-refractivity contribution in [2.75, 3.05) is 21.2 Å². The molecular formula is C13H21NO. The maximum Gasteiger partial charge on any atom is 0.122 e. The zero-order valence-electron chi connectivity index (χ0n) is 10.4. The van der Waals surface area contributed by atoms with Crippen LogP contribution in [0.4, 0.5) is 0 Å². The van der Waals surface area contributed by atoms with Gasteiger partial charge in [-0.2, -0.15) is 0 Å². The van der Waals surface area contributed by atoms with Gasteiger partial charge in [-0.05, 0) is 50.2 Å². The Labute approximate surface area is 92.9 Å². The van der Waals surface area contributed by atoms with Crippen molar-refractivity contribution in [1.29, 1.82) is 0 Å². The fraction of sp³-hybridized carbons (Fsp3) is 0.538. The molecule has 0 aliphatic rings. The number of ether oxygens (including phenoxy) is 1. The van der Waals surface area contributed by atoms with Gasteiger partial charge in [0.1, 0.15) is 5.75 Å². The molecule has 0 atom stereocenters. The van der Waals surface area contributed by atoms with Crippen LogP contribution in [0, 0.1) is 6.92 Å². The van der Waals surface area contributed by atoms with Gasteiger partial charge in [0.15, 0.2) is 0 Å². The molecule has 1 aromatic carbocycles. The van der Waals surface area contributed by atoms with Crippen molar-refractivity contribution < 1.29 is 4.74 Å². The van der Waals surface area contributed by atoms with Gasteiger partial charge in [-0.25, -0.2) is 0 Å². The van der Waals surface area contributed by atoms with Crippen LogP contribution in [0.3, 0.4) is 0 Å². The van der Waals surface area contributed by atoms with Gasteiger partial charge in [-0.1, -0.05) is 13.0 Å². The van der Waals surface area contributed by atoms with Crippen molar-refractivity contribution in [3.8, 4) is 5.75 Å². The first kappa shape index (κ1) is 12.1. The average molecular weight is 207 g/mol. The lowest BCUT2D eigenvalue weighted by Crippen LogP contribution is -2.13. The highest BCUT2D eigenvalue weighted by molar-refractivity contribution is 5.44. The molecule has 0 aliphatic carbocycles. The van der Waals surface area contributed by atoms with Gasteiger partial charge in [0.05, 0.1) is 7.11 Å². The summed E-state index contributed by atoms with van der Waals surface area (Å²) in [5.41, 5.74) is 4.10. The molecule has 0 unspecified atom stereocenters. The minimum Gasteiger partial charge on any atom is -0.496 e. The molecule has 1 rings (SSSR count). The third kappa shape index (κ3) is 2.72. The SMILES string of the molecule is CCc1c(CN(C)C)ccc(OC)c1C. The molecule has 0 amide bonds. The Morgan fingerprint density at radius 3 is 2.40 bits per heavy atom. The monoisotopic (exact) mass is 207 g/mol. The summed E-state index contributed by atoms with van der Waals surface area (Å²) in [6, 6.07) is 4.23. The lowest BCUT2D eigenvalue weighted by Gasteiger charge is -2.17. The van der Waals surface area contributed by atoms with Crippen LogP contribution in [0.15, 0.2) is 12.1 Å². The minimum atomic E-state index is 0.994. The molecule has 0 N–H and O–H groups in total. The number of rotatable bonds is 4. The Morgan fingerprint density at radius 1 is 1.27 bits per heavy atom. The molecule has 0 spiro atoms. The van der Waals surface area contributed by atoms with E-state index in [-0.39, 0.29) is 0 Å². The van der Waals surface area contributed by atoms with Crippen LogP contribution in [-0.2, 0) is 13.0 Å². The van der Waals surface area contributed by atoms with Crippen LogP contribution >= 0.6 is 0 Å². The molecule has 84 valence electrons. The van der Waals surface area contributed by atoms with E-state index in [2.05, 4.69) is 45.0 Å². The summed E-state index contributed by atoms with van der Waals surface area (Å²) in [4.78, 5) is 2.19. The lowest BCUT2D eigenvalue weighted by molar-refractivity contribution is 0.396. The summed E-state index contributed by atoms with van der Waals surface area (Å²) in [5.74, 6) is 0.995. The summed E-state index contributed by atoms with van der Waals surface area (Å²) in [7, 11) is 5.92. The van der Waals surface area contributed by atoms with Crippen LogP contribution in [0.2, 0.25) is 0 Å². The summed E-state index contributed by atoms with van der Waals surface area (Å²) in [6.45, 7) is 5.33. The first-order valence-electron chi connectivity index (χ1n) is 5.40. The van der Waals surface area contributed by atoms with Gasteiger partial charge in [-0.15, -0.1) is 0 Å². The Balaban J connectivity index is 3.12. The number of hydrogen-bond acceptors (Lipinski definition) is 2. The fourth-order valence-electron chi connectivity index (χ4n) is 1.99. The predicted molar refractivity (Wildman–Crippen MR) is 64.5 cm³/mol. The Bertz CT molecular complexity index is 332. The van der Waals surface area contributed by atoms with Gasteiger partial charge in [0, 0.05) is 6.54 Å². The highest BCUT2D eigenvalue weighted by Gasteiger charge is 2.09. The van der Waals surface area contributed by atoms with Gasteiger partial charge in [-0.3, -0.25) is 0 Å². The van der Waals surface area contributed by atoms with Crippen molar-refractivity contribution in [1.82, 2.24) is 4.90 Å². The van der Waals surface area contributed by atoms with Crippen molar-refractivity contribution in [2.45, 2.75) is 26.8 Å². The van der Waals surface area contributed by atoms with Gasteiger partial charge < -0.3 is 9.64 Å². The Kier molecular flexibility index (Phi) is 4.15. The molecule has 2 heteroatoms. The molecule has 0 radical (unpaired) electrons. The molecule has 1 aromatic rings. The van der Waals surface area contributed by atoms with E-state index in [1.807, 2.05) is 0 Å². The van der Waals surface area contributed by atoms with Gasteiger partial charge in [0.25, 0.3) is 0 Å². The van der Waals surface area contributed by atoms with E-state index in [0.717, 1.165) is 18.7 Å². The van der Waals surface area contributed by atoms with Crippen LogP contribution in [0.1, 0.15) is 23.6 Å². The summed E-state index contributed by atoms with van der Waals surface area (Å²) in [5, 5.41) is 0. The van der Waals surface area contributed by atoms with Crippen molar-refractivity contribution in [3.05, 3.63) is 28.8 Å². The number of hydrogen-bond donors (Lipinski definition) is 0. The van der Waals surface area contributed by atoms with Crippen molar-refractivity contribution >= 4 is 0 Å². The summed E-state index contributed by atoms with van der Waals surface area (Å²) >= 11 is 0. The Morgan fingerprint density at radius 2 is 1.93 bits per heavy atom. The standard InChI is InChI=1S/C13H21NO/c1-6-12-10(2)13(15-5)8-7-11(12)9-14(3)4/h7-8H,6,9H2,1-5H3. The second-order valence-corrected chi connectivity index (χ2v) is 4.12. The van der Waals surface area contributed by atoms with Gasteiger partial charge >= 0.3 is 0 Å². The molecule has 0 saturated carbocycles. The maximum atomic E-state index is 5.33. The normalized spacial score (nSPS) is 10.8. The second kappa shape index (κ2) is 5.17. The highest BCUT2D eigenvalue weighted by Crippen LogP contribution is 2.25. The minimum absolute atomic E-state index is 0.994. The van der Waals surface area contributed by atoms with E-state index in [1.165, 1.54) is 16.7 Å². The first-order chi connectivity index (χ1) is 7.10. The molecule has 0 fully saturated rings. The maximum absolute atomic E-state index is 5.33. The quantitative estimate of drug-likeness (QED) is 0.752. The molecule has 0 heterocycles. The predicted octanol–water partition coefficient (Wildman–Crippen LogP) is 2.63. The molecule has 2 nitrogen and oxygen atoms in total. The van der Waals surface area contributed by atoms with Crippen LogP contribution < -0.4 is 4.74 Å². The van der Waals surface area contributed by atoms with Crippen molar-refractivity contribution in [2.24, 2.45) is 0 Å². The van der Waals surface area contributed by atoms with Crippen molar-refractivity contribution in [3.63, 3.8) is 0 Å². The molecule has 0 bridgehead atoms. The van der Waals surface area contributed by atoms with Crippen LogP contribution in [-0.4, -0.2) is 26.1 Å². The summed E-state index contributed by atoms with van der Waals surface area (Å²) in [6.07, 6.45) is 1.06. The average Bonchev–Trinajstić information content (AvgIpc) is 2.18. The molecular weight excluding hydrogens is 186 g/mol. The first-order valence-corrected chi connectivity index (χ1v) is 5.40. The second-order valence-electron chi connectivity index (χ2n) is 4.12. The van der Waals surface area contributed by atoms with Crippen LogP contribution in [0.5, 0.6) is 5.75 Å². The van der Waals surface area contributed by atoms with E-state index in [1.54, 1.807) is 7.11 Å². The van der Waals surface area contributed by atoms with E-state index in [9.17, 15) is 0 Å². The Hall–Kier alpha value is -1.02. The van der Waals surface area contributed by atoms with Gasteiger partial charge in [0.2, 0.25) is 0 Å².